The van der Waals surface area contributed by atoms with E-state index in [0.29, 0.717) is 24.2 Å². The van der Waals surface area contributed by atoms with Crippen LogP contribution in [0.3, 0.4) is 0 Å². The number of hydrogen-bond acceptors (Lipinski definition) is 6. The molecule has 0 aliphatic carbocycles. The zero-order valence-corrected chi connectivity index (χ0v) is 14.4. The molecule has 1 aromatic heterocycles. The zero-order valence-electron chi connectivity index (χ0n) is 14.4. The van der Waals surface area contributed by atoms with Crippen molar-refractivity contribution in [2.75, 3.05) is 20.7 Å². The fourth-order valence-electron chi connectivity index (χ4n) is 3.23. The van der Waals surface area contributed by atoms with Crippen molar-refractivity contribution in [1.82, 2.24) is 20.2 Å². The quantitative estimate of drug-likeness (QED) is 0.827. The lowest BCUT2D eigenvalue weighted by atomic mass is 10.1. The largest absolute Gasteiger partial charge is 0.469 e. The van der Waals surface area contributed by atoms with Gasteiger partial charge >= 0.3 is 5.97 Å². The molecular weight excluding hydrogens is 320 g/mol. The lowest BCUT2D eigenvalue weighted by Gasteiger charge is -2.25. The first-order valence-corrected chi connectivity index (χ1v) is 8.37. The van der Waals surface area contributed by atoms with E-state index in [4.69, 9.17) is 4.74 Å². The van der Waals surface area contributed by atoms with Crippen LogP contribution in [-0.4, -0.2) is 59.5 Å². The lowest BCUT2D eigenvalue weighted by Crippen LogP contribution is -2.41. The minimum atomic E-state index is -0.233. The summed E-state index contributed by atoms with van der Waals surface area (Å²) in [6.07, 6.45) is 3.73. The van der Waals surface area contributed by atoms with Crippen LogP contribution in [0.25, 0.3) is 11.0 Å². The molecule has 0 radical (unpaired) electrons. The van der Waals surface area contributed by atoms with Crippen molar-refractivity contribution >= 4 is 22.9 Å². The van der Waals surface area contributed by atoms with Crippen molar-refractivity contribution in [3.05, 3.63) is 36.2 Å². The van der Waals surface area contributed by atoms with Crippen molar-refractivity contribution in [1.29, 1.82) is 0 Å². The number of esters is 1. The van der Waals surface area contributed by atoms with Crippen LogP contribution < -0.4 is 5.32 Å². The number of amides is 1. The van der Waals surface area contributed by atoms with E-state index < -0.39 is 0 Å². The number of likely N-dealkylation sites (tertiary alicyclic amines) is 1. The zero-order chi connectivity index (χ0) is 17.8. The van der Waals surface area contributed by atoms with Crippen LogP contribution in [-0.2, 0) is 9.53 Å². The third-order valence-corrected chi connectivity index (χ3v) is 4.79. The monoisotopic (exact) mass is 342 g/mol. The van der Waals surface area contributed by atoms with Gasteiger partial charge in [-0.05, 0) is 32.0 Å². The highest BCUT2D eigenvalue weighted by molar-refractivity contribution is 5.93. The van der Waals surface area contributed by atoms with Crippen LogP contribution >= 0.6 is 0 Å². The van der Waals surface area contributed by atoms with E-state index in [9.17, 15) is 9.59 Å². The fraction of sp³-hybridized carbons (Fsp3) is 0.444. The van der Waals surface area contributed by atoms with Gasteiger partial charge in [-0.3, -0.25) is 19.5 Å². The molecule has 7 heteroatoms. The molecule has 7 nitrogen and oxygen atoms in total. The number of likely N-dealkylation sites (N-methyl/N-ethyl adjacent to an activating group) is 1. The van der Waals surface area contributed by atoms with Gasteiger partial charge in [-0.25, -0.2) is 4.98 Å². The second kappa shape index (κ2) is 7.57. The second-order valence-corrected chi connectivity index (χ2v) is 6.28. The standard InChI is InChI=1S/C18H22N4O3/c1-22-12(9-17(23)25-2)7-8-13(22)10-20-18(24)16-11-19-14-5-3-4-6-15(14)21-16/h3-6,11-13H,7-10H2,1-2H3,(H,20,24)/t12-,13+/m1/s1. The van der Waals surface area contributed by atoms with E-state index in [2.05, 4.69) is 20.2 Å². The van der Waals surface area contributed by atoms with Crippen LogP contribution in [0.4, 0.5) is 0 Å². The normalized spacial score (nSPS) is 20.6. The van der Waals surface area contributed by atoms with E-state index in [1.807, 2.05) is 31.3 Å². The topological polar surface area (TPSA) is 84.4 Å². The summed E-state index contributed by atoms with van der Waals surface area (Å²) in [4.78, 5) is 34.6. The third kappa shape index (κ3) is 3.93. The molecule has 132 valence electrons. The average molecular weight is 342 g/mol. The molecule has 1 saturated heterocycles. The molecule has 1 aliphatic heterocycles. The molecular formula is C18H22N4O3. The summed E-state index contributed by atoms with van der Waals surface area (Å²) in [7, 11) is 3.38. The first-order valence-electron chi connectivity index (χ1n) is 8.37. The van der Waals surface area contributed by atoms with Gasteiger partial charge in [0.25, 0.3) is 5.91 Å². The SMILES string of the molecule is COC(=O)C[C@H]1CC[C@@H](CNC(=O)c2cnc3ccccc3n2)N1C. The second-order valence-electron chi connectivity index (χ2n) is 6.28. The first kappa shape index (κ1) is 17.3. The third-order valence-electron chi connectivity index (χ3n) is 4.79. The van der Waals surface area contributed by atoms with Crippen molar-refractivity contribution in [2.24, 2.45) is 0 Å². The van der Waals surface area contributed by atoms with Crippen LogP contribution in [0.15, 0.2) is 30.5 Å². The van der Waals surface area contributed by atoms with Crippen LogP contribution in [0, 0.1) is 0 Å². The number of nitrogens with one attached hydrogen (secondary N) is 1. The number of carbonyl (C=O) groups is 2. The summed E-state index contributed by atoms with van der Waals surface area (Å²) in [5.41, 5.74) is 1.77. The van der Waals surface area contributed by atoms with E-state index in [1.54, 1.807) is 0 Å². The Balaban J connectivity index is 1.57. The first-order chi connectivity index (χ1) is 12.1. The predicted molar refractivity (Wildman–Crippen MR) is 93.1 cm³/mol. The van der Waals surface area contributed by atoms with Gasteiger partial charge in [0.2, 0.25) is 0 Å². The Bertz CT molecular complexity index is 780. The molecule has 1 aliphatic rings. The molecule has 3 rings (SSSR count). The van der Waals surface area contributed by atoms with Gasteiger partial charge < -0.3 is 10.1 Å². The van der Waals surface area contributed by atoms with Crippen LogP contribution in [0.5, 0.6) is 0 Å². The maximum absolute atomic E-state index is 12.4. The van der Waals surface area contributed by atoms with Gasteiger partial charge in [0.05, 0.1) is 30.8 Å². The summed E-state index contributed by atoms with van der Waals surface area (Å²) >= 11 is 0. The fourth-order valence-corrected chi connectivity index (χ4v) is 3.23. The van der Waals surface area contributed by atoms with Gasteiger partial charge in [-0.15, -0.1) is 0 Å². The number of carbonyl (C=O) groups excluding carboxylic acids is 2. The molecule has 0 spiro atoms. The van der Waals surface area contributed by atoms with Gasteiger partial charge in [0, 0.05) is 18.6 Å². The van der Waals surface area contributed by atoms with E-state index in [0.717, 1.165) is 18.4 Å². The van der Waals surface area contributed by atoms with E-state index in [-0.39, 0.29) is 24.0 Å². The number of rotatable bonds is 5. The molecule has 2 heterocycles. The maximum Gasteiger partial charge on any atom is 0.307 e. The number of ether oxygens (including phenoxy) is 1. The molecule has 1 fully saturated rings. The Morgan fingerprint density at radius 2 is 1.96 bits per heavy atom. The lowest BCUT2D eigenvalue weighted by molar-refractivity contribution is -0.141. The number of nitrogens with zero attached hydrogens (tertiary/aromatic N) is 3. The molecule has 0 unspecified atom stereocenters. The Labute approximate surface area is 146 Å². The Hall–Kier alpha value is -2.54. The molecule has 0 saturated carbocycles. The molecule has 0 bridgehead atoms. The summed E-state index contributed by atoms with van der Waals surface area (Å²) in [6.45, 7) is 0.515. The average Bonchev–Trinajstić information content (AvgIpc) is 2.98. The number of para-hydroxylation sites is 2. The number of hydrogen-bond donors (Lipinski definition) is 1. The van der Waals surface area contributed by atoms with Gasteiger partial charge in [0.1, 0.15) is 5.69 Å². The Kier molecular flexibility index (Phi) is 5.23. The Morgan fingerprint density at radius 1 is 1.24 bits per heavy atom. The number of aromatic nitrogens is 2. The van der Waals surface area contributed by atoms with Crippen molar-refractivity contribution < 1.29 is 14.3 Å². The minimum Gasteiger partial charge on any atom is -0.469 e. The van der Waals surface area contributed by atoms with Crippen LogP contribution in [0.2, 0.25) is 0 Å². The summed E-state index contributed by atoms with van der Waals surface area (Å²) < 4.78 is 4.74. The molecule has 1 N–H and O–H groups in total. The summed E-state index contributed by atoms with van der Waals surface area (Å²) in [6, 6.07) is 7.81. The van der Waals surface area contributed by atoms with Crippen LogP contribution in [0.1, 0.15) is 29.8 Å². The maximum atomic E-state index is 12.4. The highest BCUT2D eigenvalue weighted by Gasteiger charge is 2.32. The molecule has 2 atom stereocenters. The molecule has 1 aromatic carbocycles. The predicted octanol–water partition coefficient (Wildman–Crippen LogP) is 1.39. The number of benzene rings is 1. The van der Waals surface area contributed by atoms with Gasteiger partial charge in [-0.1, -0.05) is 12.1 Å². The highest BCUT2D eigenvalue weighted by atomic mass is 16.5. The highest BCUT2D eigenvalue weighted by Crippen LogP contribution is 2.24. The minimum absolute atomic E-state index is 0.162. The number of fused-ring (bicyclic) bond motifs is 1. The van der Waals surface area contributed by atoms with Crippen molar-refractivity contribution in [3.63, 3.8) is 0 Å². The molecule has 2 aromatic rings. The smallest absolute Gasteiger partial charge is 0.307 e. The molecule has 1 amide bonds. The van der Waals surface area contributed by atoms with E-state index in [1.165, 1.54) is 13.3 Å². The number of methoxy groups -OCH3 is 1. The van der Waals surface area contributed by atoms with Crippen molar-refractivity contribution in [2.45, 2.75) is 31.3 Å². The Morgan fingerprint density at radius 3 is 2.72 bits per heavy atom. The van der Waals surface area contributed by atoms with E-state index >= 15 is 0 Å². The van der Waals surface area contributed by atoms with Gasteiger partial charge in [-0.2, -0.15) is 0 Å². The van der Waals surface area contributed by atoms with Gasteiger partial charge in [0.15, 0.2) is 0 Å². The van der Waals surface area contributed by atoms with Crippen molar-refractivity contribution in [3.8, 4) is 0 Å². The molecule has 25 heavy (non-hydrogen) atoms. The summed E-state index contributed by atoms with van der Waals surface area (Å²) in [5.74, 6) is -0.434. The summed E-state index contributed by atoms with van der Waals surface area (Å²) in [5, 5.41) is 2.92.